The van der Waals surface area contributed by atoms with Gasteiger partial charge in [-0.2, -0.15) is 0 Å². The van der Waals surface area contributed by atoms with Crippen LogP contribution in [0.2, 0.25) is 0 Å². The molecule has 0 bridgehead atoms. The zero-order valence-electron chi connectivity index (χ0n) is 21.4. The lowest BCUT2D eigenvalue weighted by Crippen LogP contribution is -2.39. The Balaban J connectivity index is 1.48. The Morgan fingerprint density at radius 2 is 1.70 bits per heavy atom. The molecule has 1 N–H and O–H groups in total. The van der Waals surface area contributed by atoms with Crippen molar-refractivity contribution in [1.29, 1.82) is 0 Å². The zero-order chi connectivity index (χ0) is 25.8. The van der Waals surface area contributed by atoms with Gasteiger partial charge in [0.2, 0.25) is 5.91 Å². The van der Waals surface area contributed by atoms with E-state index in [2.05, 4.69) is 29.3 Å². The number of nitrogens with one attached hydrogen (secondary N) is 1. The zero-order valence-corrected chi connectivity index (χ0v) is 21.4. The summed E-state index contributed by atoms with van der Waals surface area (Å²) in [6.07, 6.45) is 1.42. The third-order valence-electron chi connectivity index (χ3n) is 6.93. The topological polar surface area (TPSA) is 67.2 Å². The molecule has 1 aliphatic heterocycles. The lowest BCUT2D eigenvalue weighted by atomic mass is 10.0. The fraction of sp³-hybridized carbons (Fsp3) is 0.258. The molecule has 5 rings (SSSR count). The summed E-state index contributed by atoms with van der Waals surface area (Å²) in [5.74, 6) is 0.295. The highest BCUT2D eigenvalue weighted by Gasteiger charge is 2.25. The largest absolute Gasteiger partial charge is 0.324 e. The van der Waals surface area contributed by atoms with Gasteiger partial charge in [0.15, 0.2) is 0 Å². The van der Waals surface area contributed by atoms with Crippen LogP contribution >= 0.6 is 0 Å². The van der Waals surface area contributed by atoms with Crippen LogP contribution in [0.3, 0.4) is 0 Å². The van der Waals surface area contributed by atoms with E-state index in [0.29, 0.717) is 24.4 Å². The maximum absolute atomic E-state index is 13.8. The third kappa shape index (κ3) is 5.54. The normalized spacial score (nSPS) is 13.2. The van der Waals surface area contributed by atoms with Crippen LogP contribution < -0.4 is 10.9 Å². The van der Waals surface area contributed by atoms with Crippen molar-refractivity contribution in [1.82, 2.24) is 14.5 Å². The van der Waals surface area contributed by atoms with Crippen LogP contribution in [0.5, 0.6) is 0 Å². The van der Waals surface area contributed by atoms with E-state index in [-0.39, 0.29) is 18.0 Å². The van der Waals surface area contributed by atoms with Crippen molar-refractivity contribution in [2.24, 2.45) is 0 Å². The van der Waals surface area contributed by atoms with Gasteiger partial charge in [-0.3, -0.25) is 19.1 Å². The van der Waals surface area contributed by atoms with E-state index in [1.54, 1.807) is 4.57 Å². The minimum absolute atomic E-state index is 0.0892. The molecule has 0 fully saturated rings. The number of hydrogen-bond acceptors (Lipinski definition) is 4. The smallest absolute Gasteiger partial charge is 0.257 e. The Bertz CT molecular complexity index is 1460. The van der Waals surface area contributed by atoms with Gasteiger partial charge in [-0.05, 0) is 37.0 Å². The molecule has 188 valence electrons. The average molecular weight is 493 g/mol. The highest BCUT2D eigenvalue weighted by Crippen LogP contribution is 2.23. The van der Waals surface area contributed by atoms with Crippen molar-refractivity contribution in [2.45, 2.75) is 46.3 Å². The van der Waals surface area contributed by atoms with Crippen LogP contribution in [0.15, 0.2) is 83.7 Å². The van der Waals surface area contributed by atoms with Crippen LogP contribution in [-0.4, -0.2) is 26.9 Å². The number of hydrogen-bond donors (Lipinski definition) is 1. The molecule has 3 aromatic carbocycles. The quantitative estimate of drug-likeness (QED) is 0.395. The first-order chi connectivity index (χ1) is 18.0. The fourth-order valence-corrected chi connectivity index (χ4v) is 4.91. The Morgan fingerprint density at radius 3 is 2.46 bits per heavy atom. The van der Waals surface area contributed by atoms with Gasteiger partial charge in [-0.1, -0.05) is 85.3 Å². The van der Waals surface area contributed by atoms with Gasteiger partial charge in [0.05, 0.1) is 5.69 Å². The van der Waals surface area contributed by atoms with Gasteiger partial charge in [-0.15, -0.1) is 0 Å². The number of carbonyl (C=O) groups is 1. The summed E-state index contributed by atoms with van der Waals surface area (Å²) in [5, 5.41) is 3.00. The predicted molar refractivity (Wildman–Crippen MR) is 147 cm³/mol. The van der Waals surface area contributed by atoms with Crippen LogP contribution in [0, 0.1) is 6.92 Å². The maximum Gasteiger partial charge on any atom is 0.257 e. The highest BCUT2D eigenvalue weighted by atomic mass is 16.2. The molecule has 37 heavy (non-hydrogen) atoms. The Morgan fingerprint density at radius 1 is 0.973 bits per heavy atom. The number of amides is 1. The van der Waals surface area contributed by atoms with Crippen LogP contribution in [0.4, 0.5) is 5.69 Å². The molecule has 1 aliphatic rings. The molecular weight excluding hydrogens is 460 g/mol. The van der Waals surface area contributed by atoms with Gasteiger partial charge in [0.25, 0.3) is 5.56 Å². The van der Waals surface area contributed by atoms with Crippen LogP contribution in [0.1, 0.15) is 34.9 Å². The van der Waals surface area contributed by atoms with Gasteiger partial charge in [-0.25, -0.2) is 4.98 Å². The Kier molecular flexibility index (Phi) is 7.28. The van der Waals surface area contributed by atoms with Gasteiger partial charge < -0.3 is 5.32 Å². The van der Waals surface area contributed by atoms with Crippen LogP contribution in [-0.2, 0) is 37.3 Å². The Hall–Kier alpha value is -4.03. The molecule has 0 saturated carbocycles. The van der Waals surface area contributed by atoms with Crippen molar-refractivity contribution in [3.63, 3.8) is 0 Å². The summed E-state index contributed by atoms with van der Waals surface area (Å²) in [7, 11) is 0. The van der Waals surface area contributed by atoms with E-state index in [1.807, 2.05) is 73.7 Å². The second kappa shape index (κ2) is 10.9. The molecule has 0 radical (unpaired) electrons. The van der Waals surface area contributed by atoms with E-state index in [0.717, 1.165) is 47.6 Å². The number of rotatable bonds is 7. The van der Waals surface area contributed by atoms with Crippen molar-refractivity contribution in [2.75, 3.05) is 11.9 Å². The molecule has 0 spiro atoms. The molecule has 1 aromatic heterocycles. The number of para-hydroxylation sites is 1. The number of aromatic nitrogens is 2. The molecule has 6 nitrogen and oxygen atoms in total. The SMILES string of the molecule is CCc1ccccc1NC(=O)Cn1c(-c2ccc(C)cc2)nc2c(c1=O)CCN(Cc1ccccc1)C2. The minimum Gasteiger partial charge on any atom is -0.324 e. The van der Waals surface area contributed by atoms with Crippen molar-refractivity contribution in [3.8, 4) is 11.4 Å². The first kappa shape index (κ1) is 24.7. The summed E-state index contributed by atoms with van der Waals surface area (Å²) in [6, 6.07) is 26.1. The molecule has 0 saturated heterocycles. The van der Waals surface area contributed by atoms with Crippen molar-refractivity contribution >= 4 is 11.6 Å². The van der Waals surface area contributed by atoms with E-state index in [9.17, 15) is 9.59 Å². The lowest BCUT2D eigenvalue weighted by molar-refractivity contribution is -0.116. The molecule has 0 atom stereocenters. The molecule has 6 heteroatoms. The third-order valence-corrected chi connectivity index (χ3v) is 6.93. The lowest BCUT2D eigenvalue weighted by Gasteiger charge is -2.29. The first-order valence-electron chi connectivity index (χ1n) is 12.9. The second-order valence-electron chi connectivity index (χ2n) is 9.62. The number of fused-ring (bicyclic) bond motifs is 1. The summed E-state index contributed by atoms with van der Waals surface area (Å²) in [5.41, 5.74) is 6.41. The van der Waals surface area contributed by atoms with E-state index in [1.165, 1.54) is 5.56 Å². The van der Waals surface area contributed by atoms with E-state index >= 15 is 0 Å². The molecular formula is C31H32N4O2. The summed E-state index contributed by atoms with van der Waals surface area (Å²) >= 11 is 0. The summed E-state index contributed by atoms with van der Waals surface area (Å²) < 4.78 is 1.54. The molecule has 2 heterocycles. The number of aryl methyl sites for hydroxylation is 2. The molecule has 0 aliphatic carbocycles. The van der Waals surface area contributed by atoms with Gasteiger partial charge in [0.1, 0.15) is 12.4 Å². The molecule has 0 unspecified atom stereocenters. The van der Waals surface area contributed by atoms with Crippen molar-refractivity contribution < 1.29 is 4.79 Å². The van der Waals surface area contributed by atoms with Gasteiger partial charge in [0, 0.05) is 36.4 Å². The average Bonchev–Trinajstić information content (AvgIpc) is 2.91. The second-order valence-corrected chi connectivity index (χ2v) is 9.62. The maximum atomic E-state index is 13.8. The molecule has 1 amide bonds. The van der Waals surface area contributed by atoms with Crippen LogP contribution in [0.25, 0.3) is 11.4 Å². The van der Waals surface area contributed by atoms with E-state index in [4.69, 9.17) is 4.98 Å². The standard InChI is InChI=1S/C31H32N4O2/c1-3-24-11-7-8-12-27(24)32-29(36)21-35-30(25-15-13-22(2)14-16-25)33-28-20-34(18-17-26(28)31(35)37)19-23-9-5-4-6-10-23/h4-16H,3,17-21H2,1-2H3,(H,32,36). The predicted octanol–water partition coefficient (Wildman–Crippen LogP) is 4.98. The monoisotopic (exact) mass is 492 g/mol. The molecule has 4 aromatic rings. The minimum atomic E-state index is -0.236. The summed E-state index contributed by atoms with van der Waals surface area (Å²) in [4.78, 5) is 34.3. The number of anilines is 1. The summed E-state index contributed by atoms with van der Waals surface area (Å²) in [6.45, 7) is 6.18. The van der Waals surface area contributed by atoms with Gasteiger partial charge >= 0.3 is 0 Å². The fourth-order valence-electron chi connectivity index (χ4n) is 4.91. The first-order valence-corrected chi connectivity index (χ1v) is 12.9. The highest BCUT2D eigenvalue weighted by molar-refractivity contribution is 5.91. The van der Waals surface area contributed by atoms with Crippen molar-refractivity contribution in [3.05, 3.63) is 117 Å². The Labute approximate surface area is 217 Å². The number of carbonyl (C=O) groups excluding carboxylic acids is 1. The number of nitrogens with zero attached hydrogens (tertiary/aromatic N) is 3. The number of benzene rings is 3. The van der Waals surface area contributed by atoms with E-state index < -0.39 is 0 Å².